The Morgan fingerprint density at radius 2 is 1.91 bits per heavy atom. The van der Waals surface area contributed by atoms with Crippen LogP contribution in [0, 0.1) is 18.2 Å². The third-order valence-corrected chi connectivity index (χ3v) is 12.2. The van der Waals surface area contributed by atoms with Crippen molar-refractivity contribution < 1.29 is 23.5 Å². The molecule has 2 aliphatic rings. The van der Waals surface area contributed by atoms with Crippen LogP contribution in [0.1, 0.15) is 71.4 Å². The molecule has 4 nitrogen and oxygen atoms in total. The average molecular weight is 489 g/mol. The number of rotatable bonds is 5. The van der Waals surface area contributed by atoms with Crippen LogP contribution in [0.15, 0.2) is 35.9 Å². The smallest absolute Gasteiger partial charge is 0.309 e. The van der Waals surface area contributed by atoms with E-state index in [0.717, 1.165) is 29.6 Å². The third-order valence-electron chi connectivity index (χ3n) is 7.66. The standard InChI is InChI=1S/C28H41FO4Si/c1-18-13-19(9-12-25(18)29)23-16-22(33-34(7,8)27(2,3)4)17-28(5,6)24(23)11-10-21-14-20(30)15-26(31)32-21/h9-13,20-22,30H,14-17H2,1-8H3. The molecule has 3 rings (SSSR count). The van der Waals surface area contributed by atoms with Gasteiger partial charge in [-0.2, -0.15) is 0 Å². The van der Waals surface area contributed by atoms with Crippen LogP contribution >= 0.6 is 0 Å². The van der Waals surface area contributed by atoms with Crippen molar-refractivity contribution in [1.29, 1.82) is 0 Å². The van der Waals surface area contributed by atoms with Crippen molar-refractivity contribution in [2.75, 3.05) is 0 Å². The Balaban J connectivity index is 2.02. The van der Waals surface area contributed by atoms with E-state index in [0.29, 0.717) is 12.0 Å². The molecule has 1 aromatic carbocycles. The predicted octanol–water partition coefficient (Wildman–Crippen LogP) is 6.72. The van der Waals surface area contributed by atoms with Crippen molar-refractivity contribution in [3.8, 4) is 0 Å². The van der Waals surface area contributed by atoms with Gasteiger partial charge in [0.25, 0.3) is 0 Å². The number of hydrogen-bond acceptors (Lipinski definition) is 4. The molecule has 1 aliphatic carbocycles. The van der Waals surface area contributed by atoms with Crippen LogP contribution in [0.2, 0.25) is 18.1 Å². The van der Waals surface area contributed by atoms with Crippen molar-refractivity contribution in [3.05, 3.63) is 52.9 Å². The van der Waals surface area contributed by atoms with Crippen molar-refractivity contribution in [2.45, 2.75) is 104 Å². The first-order chi connectivity index (χ1) is 15.6. The number of aliphatic hydroxyl groups excluding tert-OH is 1. The molecule has 1 saturated heterocycles. The van der Waals surface area contributed by atoms with E-state index in [9.17, 15) is 14.3 Å². The van der Waals surface area contributed by atoms with Gasteiger partial charge in [-0.3, -0.25) is 4.79 Å². The summed E-state index contributed by atoms with van der Waals surface area (Å²) in [6, 6.07) is 5.29. The van der Waals surface area contributed by atoms with Crippen LogP contribution < -0.4 is 0 Å². The Morgan fingerprint density at radius 3 is 2.50 bits per heavy atom. The number of halogens is 1. The van der Waals surface area contributed by atoms with Crippen LogP contribution in [0.4, 0.5) is 4.39 Å². The summed E-state index contributed by atoms with van der Waals surface area (Å²) in [5.74, 6) is -0.587. The van der Waals surface area contributed by atoms with Gasteiger partial charge in [0.15, 0.2) is 8.32 Å². The van der Waals surface area contributed by atoms with Crippen LogP contribution in [0.3, 0.4) is 0 Å². The van der Waals surface area contributed by atoms with E-state index in [1.807, 2.05) is 24.3 Å². The maximum absolute atomic E-state index is 14.1. The molecule has 1 N–H and O–H groups in total. The molecule has 3 atom stereocenters. The third kappa shape index (κ3) is 6.07. The van der Waals surface area contributed by atoms with Crippen molar-refractivity contribution in [2.24, 2.45) is 5.41 Å². The molecule has 0 radical (unpaired) electrons. The van der Waals surface area contributed by atoms with Crippen molar-refractivity contribution >= 4 is 19.9 Å². The molecule has 0 aromatic heterocycles. The lowest BCUT2D eigenvalue weighted by Crippen LogP contribution is -2.46. The minimum absolute atomic E-state index is 0.0467. The number of esters is 1. The summed E-state index contributed by atoms with van der Waals surface area (Å²) in [6.07, 6.45) is 4.95. The first-order valence-electron chi connectivity index (χ1n) is 12.3. The van der Waals surface area contributed by atoms with Gasteiger partial charge in [-0.15, -0.1) is 0 Å². The zero-order chi connectivity index (χ0) is 25.5. The second kappa shape index (κ2) is 9.71. The maximum Gasteiger partial charge on any atom is 0.309 e. The highest BCUT2D eigenvalue weighted by Crippen LogP contribution is 2.48. The van der Waals surface area contributed by atoms with Gasteiger partial charge in [0, 0.05) is 12.5 Å². The van der Waals surface area contributed by atoms with Crippen LogP contribution in [-0.4, -0.2) is 37.7 Å². The van der Waals surface area contributed by atoms with Crippen LogP contribution in [0.5, 0.6) is 0 Å². The van der Waals surface area contributed by atoms with Crippen LogP contribution in [0.25, 0.3) is 5.57 Å². The van der Waals surface area contributed by atoms with Gasteiger partial charge in [0.1, 0.15) is 11.9 Å². The second-order valence-electron chi connectivity index (χ2n) is 12.1. The molecule has 1 heterocycles. The number of cyclic esters (lactones) is 1. The second-order valence-corrected chi connectivity index (χ2v) is 16.9. The number of hydrogen-bond donors (Lipinski definition) is 1. The van der Waals surface area contributed by atoms with E-state index >= 15 is 0 Å². The van der Waals surface area contributed by atoms with Crippen molar-refractivity contribution in [3.63, 3.8) is 0 Å². The summed E-state index contributed by atoms with van der Waals surface area (Å²) in [4.78, 5) is 11.8. The maximum atomic E-state index is 14.1. The highest BCUT2D eigenvalue weighted by atomic mass is 28.4. The van der Waals surface area contributed by atoms with E-state index in [4.69, 9.17) is 9.16 Å². The number of aryl methyl sites for hydroxylation is 1. The monoisotopic (exact) mass is 488 g/mol. The molecule has 1 aromatic rings. The van der Waals surface area contributed by atoms with Crippen molar-refractivity contribution in [1.82, 2.24) is 0 Å². The zero-order valence-corrected chi connectivity index (χ0v) is 23.0. The van der Waals surface area contributed by atoms with Gasteiger partial charge < -0.3 is 14.3 Å². The average Bonchev–Trinajstić information content (AvgIpc) is 2.66. The fourth-order valence-electron chi connectivity index (χ4n) is 4.74. The molecule has 1 fully saturated rings. The molecule has 34 heavy (non-hydrogen) atoms. The van der Waals surface area contributed by atoms with Gasteiger partial charge in [0.2, 0.25) is 0 Å². The molecule has 6 heteroatoms. The van der Waals surface area contributed by atoms with Gasteiger partial charge in [-0.25, -0.2) is 4.39 Å². The number of ether oxygens (including phenoxy) is 1. The number of carbonyl (C=O) groups excluding carboxylic acids is 1. The molecule has 188 valence electrons. The summed E-state index contributed by atoms with van der Waals surface area (Å²) >= 11 is 0. The number of carbonyl (C=O) groups is 1. The zero-order valence-electron chi connectivity index (χ0n) is 22.0. The van der Waals surface area contributed by atoms with Gasteiger partial charge in [0.05, 0.1) is 12.5 Å². The lowest BCUT2D eigenvalue weighted by molar-refractivity contribution is -0.156. The van der Waals surface area contributed by atoms with Gasteiger partial charge in [-0.05, 0) is 83.8 Å². The highest BCUT2D eigenvalue weighted by molar-refractivity contribution is 6.74. The Labute approximate surface area is 205 Å². The first-order valence-corrected chi connectivity index (χ1v) is 15.2. The lowest BCUT2D eigenvalue weighted by atomic mass is 9.69. The van der Waals surface area contributed by atoms with Gasteiger partial charge in [-0.1, -0.05) is 46.8 Å². The number of aliphatic hydroxyl groups is 1. The largest absolute Gasteiger partial charge is 0.458 e. The molecular formula is C28H41FO4Si. The summed E-state index contributed by atoms with van der Waals surface area (Å²) in [7, 11) is -1.97. The number of allylic oxidation sites excluding steroid dienone is 2. The molecule has 1 aliphatic heterocycles. The number of benzene rings is 1. The summed E-state index contributed by atoms with van der Waals surface area (Å²) in [5.41, 5.74) is 3.70. The lowest BCUT2D eigenvalue weighted by Gasteiger charge is -2.45. The van der Waals surface area contributed by atoms with E-state index in [1.165, 1.54) is 6.07 Å². The van der Waals surface area contributed by atoms with Crippen LogP contribution in [-0.2, 0) is 14.0 Å². The Bertz CT molecular complexity index is 987. The quantitative estimate of drug-likeness (QED) is 0.369. The fraction of sp³-hybridized carbons (Fsp3) is 0.607. The molecule has 0 saturated carbocycles. The minimum Gasteiger partial charge on any atom is -0.458 e. The predicted molar refractivity (Wildman–Crippen MR) is 137 cm³/mol. The molecule has 0 spiro atoms. The van der Waals surface area contributed by atoms with E-state index in [-0.39, 0.29) is 34.8 Å². The summed E-state index contributed by atoms with van der Waals surface area (Å²) < 4.78 is 26.4. The molecule has 0 amide bonds. The Kier molecular flexibility index (Phi) is 7.66. The highest BCUT2D eigenvalue weighted by Gasteiger charge is 2.43. The molecule has 0 bridgehead atoms. The molecule has 3 unspecified atom stereocenters. The first kappa shape index (κ1) is 26.8. The summed E-state index contributed by atoms with van der Waals surface area (Å²) in [6.45, 7) is 17.5. The Morgan fingerprint density at radius 1 is 1.24 bits per heavy atom. The topological polar surface area (TPSA) is 55.8 Å². The van der Waals surface area contributed by atoms with E-state index in [1.54, 1.807) is 6.92 Å². The SMILES string of the molecule is Cc1cc(C2=C(C=CC3CC(O)CC(=O)O3)C(C)(C)CC(O[Si](C)(C)C(C)(C)C)C2)ccc1F. The normalized spacial score (nSPS) is 26.2. The van der Waals surface area contributed by atoms with Gasteiger partial charge >= 0.3 is 5.97 Å². The Hall–Kier alpha value is -1.76. The molecular weight excluding hydrogens is 447 g/mol. The minimum atomic E-state index is -1.97. The summed E-state index contributed by atoms with van der Waals surface area (Å²) in [5, 5.41) is 10.1. The van der Waals surface area contributed by atoms with E-state index < -0.39 is 20.5 Å². The fourth-order valence-corrected chi connectivity index (χ4v) is 6.09. The van der Waals surface area contributed by atoms with E-state index in [2.05, 4.69) is 47.7 Å².